The van der Waals surface area contributed by atoms with Gasteiger partial charge in [-0.15, -0.1) is 11.3 Å². The molecule has 1 aliphatic heterocycles. The van der Waals surface area contributed by atoms with Crippen LogP contribution in [0.5, 0.6) is 0 Å². The van der Waals surface area contributed by atoms with Crippen molar-refractivity contribution in [1.29, 1.82) is 0 Å². The molecule has 1 saturated carbocycles. The van der Waals surface area contributed by atoms with Crippen LogP contribution in [0.4, 0.5) is 5.13 Å². The molecule has 2 aromatic rings. The van der Waals surface area contributed by atoms with E-state index in [1.165, 1.54) is 22.1 Å². The molecular formula is C23H30N4O4S2. The fourth-order valence-corrected chi connectivity index (χ4v) is 6.73. The molecule has 1 aromatic carbocycles. The molecule has 2 heterocycles. The van der Waals surface area contributed by atoms with Crippen LogP contribution in [-0.2, 0) is 19.6 Å². The first kappa shape index (κ1) is 23.8. The van der Waals surface area contributed by atoms with Crippen LogP contribution in [0, 0.1) is 12.8 Å². The number of sulfonamides is 1. The van der Waals surface area contributed by atoms with Gasteiger partial charge < -0.3 is 10.2 Å². The van der Waals surface area contributed by atoms with E-state index in [4.69, 9.17) is 0 Å². The number of aromatic nitrogens is 1. The van der Waals surface area contributed by atoms with Gasteiger partial charge in [0, 0.05) is 24.7 Å². The predicted molar refractivity (Wildman–Crippen MR) is 127 cm³/mol. The average Bonchev–Trinajstić information content (AvgIpc) is 3.31. The first-order valence-corrected chi connectivity index (χ1v) is 13.7. The highest BCUT2D eigenvalue weighted by molar-refractivity contribution is 7.89. The molecule has 178 valence electrons. The molecule has 2 fully saturated rings. The van der Waals surface area contributed by atoms with Gasteiger partial charge in [0.25, 0.3) is 0 Å². The van der Waals surface area contributed by atoms with Gasteiger partial charge in [-0.05, 0) is 37.0 Å². The quantitative estimate of drug-likeness (QED) is 0.642. The Hall–Kier alpha value is -2.30. The van der Waals surface area contributed by atoms with Gasteiger partial charge in [-0.25, -0.2) is 13.4 Å². The van der Waals surface area contributed by atoms with Gasteiger partial charge >= 0.3 is 0 Å². The molecule has 0 radical (unpaired) electrons. The summed E-state index contributed by atoms with van der Waals surface area (Å²) in [6.45, 7) is 1.92. The number of anilines is 1. The number of benzene rings is 1. The Morgan fingerprint density at radius 2 is 2.03 bits per heavy atom. The molecule has 1 N–H and O–H groups in total. The summed E-state index contributed by atoms with van der Waals surface area (Å²) >= 11 is 1.33. The van der Waals surface area contributed by atoms with Crippen molar-refractivity contribution in [3.05, 3.63) is 41.4 Å². The number of amides is 2. The number of hydrogen-bond donors (Lipinski definition) is 1. The molecule has 0 unspecified atom stereocenters. The number of hydrogen-bond acceptors (Lipinski definition) is 6. The van der Waals surface area contributed by atoms with E-state index in [0.717, 1.165) is 31.2 Å². The minimum atomic E-state index is -3.78. The zero-order valence-electron chi connectivity index (χ0n) is 18.8. The summed E-state index contributed by atoms with van der Waals surface area (Å²) in [5.74, 6) is -0.209. The predicted octanol–water partition coefficient (Wildman–Crippen LogP) is 3.26. The standard InChI is InChI=1S/C23H30N4O4S2/c1-17-6-5-9-19(14-17)33(30,31)26-11-12-27(21(28)16-26)20(15-18-7-3-2-4-8-18)22(29)25-23-24-10-13-32-23/h5-6,9-10,13-14,18,20H,2-4,7-8,11-12,15-16H2,1H3,(H,24,25,29)/t20-/m0/s1. The molecule has 1 atom stereocenters. The van der Waals surface area contributed by atoms with Gasteiger partial charge in [0.1, 0.15) is 6.04 Å². The number of carbonyl (C=O) groups is 2. The van der Waals surface area contributed by atoms with E-state index in [-0.39, 0.29) is 36.3 Å². The lowest BCUT2D eigenvalue weighted by molar-refractivity contribution is -0.142. The molecular weight excluding hydrogens is 460 g/mol. The van der Waals surface area contributed by atoms with E-state index >= 15 is 0 Å². The van der Waals surface area contributed by atoms with Gasteiger partial charge in [-0.2, -0.15) is 4.31 Å². The van der Waals surface area contributed by atoms with Crippen LogP contribution < -0.4 is 5.32 Å². The molecule has 33 heavy (non-hydrogen) atoms. The topological polar surface area (TPSA) is 99.7 Å². The third kappa shape index (κ3) is 5.62. The Kier molecular flexibility index (Phi) is 7.45. The average molecular weight is 491 g/mol. The second kappa shape index (κ2) is 10.3. The third-order valence-corrected chi connectivity index (χ3v) is 9.00. The minimum absolute atomic E-state index is 0.160. The van der Waals surface area contributed by atoms with Crippen LogP contribution in [0.2, 0.25) is 0 Å². The third-order valence-electron chi connectivity index (χ3n) is 6.47. The maximum Gasteiger partial charge on any atom is 0.248 e. The summed E-state index contributed by atoms with van der Waals surface area (Å²) in [5, 5.41) is 5.13. The van der Waals surface area contributed by atoms with Crippen molar-refractivity contribution < 1.29 is 18.0 Å². The van der Waals surface area contributed by atoms with Gasteiger partial charge in [0.05, 0.1) is 11.4 Å². The highest BCUT2D eigenvalue weighted by Gasteiger charge is 2.39. The van der Waals surface area contributed by atoms with E-state index in [9.17, 15) is 18.0 Å². The first-order valence-electron chi connectivity index (χ1n) is 11.4. The summed E-state index contributed by atoms with van der Waals surface area (Å²) in [4.78, 5) is 32.2. The van der Waals surface area contributed by atoms with Crippen molar-refractivity contribution in [2.24, 2.45) is 5.92 Å². The van der Waals surface area contributed by atoms with Crippen LogP contribution in [0.15, 0.2) is 40.7 Å². The van der Waals surface area contributed by atoms with Crippen molar-refractivity contribution >= 4 is 38.3 Å². The van der Waals surface area contributed by atoms with E-state index in [2.05, 4.69) is 10.3 Å². The summed E-state index contributed by atoms with van der Waals surface area (Å²) < 4.78 is 27.4. The lowest BCUT2D eigenvalue weighted by atomic mass is 9.84. The molecule has 1 saturated heterocycles. The Morgan fingerprint density at radius 1 is 1.24 bits per heavy atom. The van der Waals surface area contributed by atoms with E-state index in [1.54, 1.807) is 34.7 Å². The monoisotopic (exact) mass is 490 g/mol. The second-order valence-electron chi connectivity index (χ2n) is 8.82. The van der Waals surface area contributed by atoms with Gasteiger partial charge in [0.2, 0.25) is 21.8 Å². The Labute approximate surface area is 199 Å². The number of aryl methyl sites for hydroxylation is 1. The maximum atomic E-state index is 13.2. The van der Waals surface area contributed by atoms with Gasteiger partial charge in [-0.3, -0.25) is 9.59 Å². The lowest BCUT2D eigenvalue weighted by Crippen LogP contribution is -2.58. The van der Waals surface area contributed by atoms with Crippen LogP contribution in [-0.4, -0.2) is 60.1 Å². The Balaban J connectivity index is 1.50. The van der Waals surface area contributed by atoms with Crippen molar-refractivity contribution in [2.45, 2.75) is 56.4 Å². The molecule has 10 heteroatoms. The lowest BCUT2D eigenvalue weighted by Gasteiger charge is -2.39. The number of rotatable bonds is 7. The normalized spacial score (nSPS) is 19.4. The van der Waals surface area contributed by atoms with Crippen molar-refractivity contribution in [3.63, 3.8) is 0 Å². The summed E-state index contributed by atoms with van der Waals surface area (Å²) in [5.41, 5.74) is 0.840. The van der Waals surface area contributed by atoms with Crippen LogP contribution in [0.25, 0.3) is 0 Å². The number of piperazine rings is 1. The summed E-state index contributed by atoms with van der Waals surface area (Å²) in [6.07, 6.45) is 7.81. The van der Waals surface area contributed by atoms with E-state index in [0.29, 0.717) is 17.5 Å². The fourth-order valence-electron chi connectivity index (χ4n) is 4.71. The molecule has 8 nitrogen and oxygen atoms in total. The highest BCUT2D eigenvalue weighted by atomic mass is 32.2. The van der Waals surface area contributed by atoms with Crippen molar-refractivity contribution in [1.82, 2.24) is 14.2 Å². The van der Waals surface area contributed by atoms with Crippen LogP contribution >= 0.6 is 11.3 Å². The van der Waals surface area contributed by atoms with Crippen molar-refractivity contribution in [2.75, 3.05) is 25.0 Å². The Morgan fingerprint density at radius 3 is 2.70 bits per heavy atom. The molecule has 1 aromatic heterocycles. The highest BCUT2D eigenvalue weighted by Crippen LogP contribution is 2.30. The molecule has 0 bridgehead atoms. The zero-order chi connectivity index (χ0) is 23.4. The van der Waals surface area contributed by atoms with Gasteiger partial charge in [0.15, 0.2) is 5.13 Å². The minimum Gasteiger partial charge on any atom is -0.328 e. The van der Waals surface area contributed by atoms with Crippen LogP contribution in [0.1, 0.15) is 44.1 Å². The number of nitrogens with zero attached hydrogens (tertiary/aromatic N) is 3. The summed E-state index contributed by atoms with van der Waals surface area (Å²) in [6, 6.07) is 6.06. The zero-order valence-corrected chi connectivity index (χ0v) is 20.4. The Bertz CT molecular complexity index is 1080. The molecule has 4 rings (SSSR count). The van der Waals surface area contributed by atoms with E-state index < -0.39 is 16.1 Å². The number of thiazole rings is 1. The molecule has 1 aliphatic carbocycles. The van der Waals surface area contributed by atoms with Crippen LogP contribution in [0.3, 0.4) is 0 Å². The summed E-state index contributed by atoms with van der Waals surface area (Å²) in [7, 11) is -3.78. The smallest absolute Gasteiger partial charge is 0.248 e. The number of nitrogens with one attached hydrogen (secondary N) is 1. The van der Waals surface area contributed by atoms with Crippen molar-refractivity contribution in [3.8, 4) is 0 Å². The number of carbonyl (C=O) groups excluding carboxylic acids is 2. The SMILES string of the molecule is Cc1cccc(S(=O)(=O)N2CCN([C@@H](CC3CCCCC3)C(=O)Nc3nccs3)C(=O)C2)c1. The second-order valence-corrected chi connectivity index (χ2v) is 11.7. The molecule has 0 spiro atoms. The largest absolute Gasteiger partial charge is 0.328 e. The maximum absolute atomic E-state index is 13.2. The molecule has 2 amide bonds. The first-order chi connectivity index (χ1) is 15.8. The molecule has 2 aliphatic rings. The van der Waals surface area contributed by atoms with E-state index in [1.807, 2.05) is 13.0 Å². The van der Waals surface area contributed by atoms with Gasteiger partial charge in [-0.1, -0.05) is 44.2 Å². The fraction of sp³-hybridized carbons (Fsp3) is 0.522.